The number of carbonyl (C=O) groups excluding carboxylic acids is 1. The van der Waals surface area contributed by atoms with Crippen LogP contribution in [-0.2, 0) is 0 Å². The topological polar surface area (TPSA) is 92.5 Å². The second kappa shape index (κ2) is 6.68. The van der Waals surface area contributed by atoms with E-state index in [0.717, 1.165) is 15.3 Å². The molecule has 3 heterocycles. The normalized spacial score (nSPS) is 14.6. The molecule has 4 rings (SSSR count). The first-order valence-corrected chi connectivity index (χ1v) is 8.93. The summed E-state index contributed by atoms with van der Waals surface area (Å²) < 4.78 is 0.795. The summed E-state index contributed by atoms with van der Waals surface area (Å²) in [6.45, 7) is 2.55. The van der Waals surface area contributed by atoms with Crippen molar-refractivity contribution in [2.24, 2.45) is 0 Å². The molecule has 1 fully saturated rings. The molecule has 1 aliphatic rings. The molecule has 0 spiro atoms. The molecule has 0 aliphatic carbocycles. The maximum atomic E-state index is 12.5. The predicted molar refractivity (Wildman–Crippen MR) is 98.6 cm³/mol. The number of fused-ring (bicyclic) bond motifs is 1. The first kappa shape index (κ1) is 16.4. The number of rotatable bonds is 3. The van der Waals surface area contributed by atoms with Crippen molar-refractivity contribution in [2.75, 3.05) is 31.1 Å². The van der Waals surface area contributed by atoms with Crippen LogP contribution in [0.3, 0.4) is 0 Å². The van der Waals surface area contributed by atoms with Gasteiger partial charge in [0.05, 0.1) is 20.7 Å². The summed E-state index contributed by atoms with van der Waals surface area (Å²) in [4.78, 5) is 35.5. The zero-order valence-electron chi connectivity index (χ0n) is 13.7. The van der Waals surface area contributed by atoms with Gasteiger partial charge in [0.2, 0.25) is 0 Å². The third kappa shape index (κ3) is 3.08. The van der Waals surface area contributed by atoms with Crippen LogP contribution >= 0.6 is 11.3 Å². The smallest absolute Gasteiger partial charge is 0.270 e. The minimum Gasteiger partial charge on any atom is -0.345 e. The number of thiazole rings is 1. The highest BCUT2D eigenvalue weighted by atomic mass is 32.1. The fourth-order valence-electron chi connectivity index (χ4n) is 2.92. The Morgan fingerprint density at radius 3 is 2.69 bits per heavy atom. The number of amides is 1. The minimum absolute atomic E-state index is 0.0160. The number of carbonyl (C=O) groups is 1. The molecule has 3 aromatic rings. The van der Waals surface area contributed by atoms with E-state index in [4.69, 9.17) is 0 Å². The Kier molecular flexibility index (Phi) is 4.21. The lowest BCUT2D eigenvalue weighted by Crippen LogP contribution is -2.48. The van der Waals surface area contributed by atoms with Gasteiger partial charge in [0.1, 0.15) is 0 Å². The number of aromatic nitrogens is 2. The van der Waals surface area contributed by atoms with Crippen molar-refractivity contribution in [3.8, 4) is 0 Å². The van der Waals surface area contributed by atoms with Gasteiger partial charge in [-0.25, -0.2) is 4.98 Å². The van der Waals surface area contributed by atoms with E-state index < -0.39 is 4.92 Å². The molecular weight excluding hydrogens is 354 g/mol. The van der Waals surface area contributed by atoms with Gasteiger partial charge >= 0.3 is 0 Å². The van der Waals surface area contributed by atoms with Gasteiger partial charge in [0, 0.05) is 50.7 Å². The number of nitro groups is 1. The zero-order valence-corrected chi connectivity index (χ0v) is 14.6. The summed E-state index contributed by atoms with van der Waals surface area (Å²) in [5.74, 6) is -0.0160. The van der Waals surface area contributed by atoms with E-state index in [0.29, 0.717) is 31.7 Å². The molecule has 0 bridgehead atoms. The van der Waals surface area contributed by atoms with Gasteiger partial charge < -0.3 is 9.80 Å². The minimum atomic E-state index is -0.401. The molecule has 1 aliphatic heterocycles. The molecule has 0 saturated carbocycles. The number of nitro benzene ring substituents is 1. The summed E-state index contributed by atoms with van der Waals surface area (Å²) in [6, 6.07) is 8.22. The summed E-state index contributed by atoms with van der Waals surface area (Å²) in [7, 11) is 0. The Morgan fingerprint density at radius 1 is 1.19 bits per heavy atom. The molecule has 2 aromatic heterocycles. The van der Waals surface area contributed by atoms with Gasteiger partial charge in [-0.3, -0.25) is 19.9 Å². The molecule has 132 valence electrons. The van der Waals surface area contributed by atoms with Crippen LogP contribution in [0.4, 0.5) is 10.8 Å². The van der Waals surface area contributed by atoms with Gasteiger partial charge in [-0.15, -0.1) is 0 Å². The average molecular weight is 369 g/mol. The second-order valence-electron chi connectivity index (χ2n) is 5.93. The highest BCUT2D eigenvalue weighted by Gasteiger charge is 2.24. The summed E-state index contributed by atoms with van der Waals surface area (Å²) in [6.07, 6.45) is 3.22. The molecule has 9 heteroatoms. The molecule has 0 N–H and O–H groups in total. The number of nitrogens with zero attached hydrogens (tertiary/aromatic N) is 5. The highest BCUT2D eigenvalue weighted by molar-refractivity contribution is 7.22. The van der Waals surface area contributed by atoms with E-state index in [1.54, 1.807) is 36.7 Å². The number of benzene rings is 1. The Labute approximate surface area is 152 Å². The number of pyridine rings is 1. The third-order valence-electron chi connectivity index (χ3n) is 4.32. The predicted octanol–water partition coefficient (Wildman–Crippen LogP) is 2.56. The molecule has 0 radical (unpaired) electrons. The van der Waals surface area contributed by atoms with Crippen LogP contribution in [0.25, 0.3) is 10.2 Å². The van der Waals surface area contributed by atoms with E-state index >= 15 is 0 Å². The highest BCUT2D eigenvalue weighted by Crippen LogP contribution is 2.31. The Balaban J connectivity index is 1.47. The van der Waals surface area contributed by atoms with Crippen LogP contribution < -0.4 is 4.90 Å². The summed E-state index contributed by atoms with van der Waals surface area (Å²) >= 11 is 1.44. The zero-order chi connectivity index (χ0) is 18.1. The van der Waals surface area contributed by atoms with Gasteiger partial charge in [-0.1, -0.05) is 11.3 Å². The lowest BCUT2D eigenvalue weighted by molar-refractivity contribution is -0.384. The number of piperazine rings is 1. The quantitative estimate of drug-likeness (QED) is 0.520. The third-order valence-corrected chi connectivity index (χ3v) is 5.40. The van der Waals surface area contributed by atoms with E-state index in [9.17, 15) is 14.9 Å². The standard InChI is InChI=1S/C17H15N5O3S/c23-16(12-2-1-5-18-11-12)20-6-8-21(9-7-20)17-19-14-4-3-13(22(24)25)10-15(14)26-17/h1-5,10-11H,6-9H2. The van der Waals surface area contributed by atoms with Gasteiger partial charge in [0.15, 0.2) is 5.13 Å². The van der Waals surface area contributed by atoms with E-state index in [2.05, 4.69) is 14.9 Å². The Bertz CT molecular complexity index is 967. The van der Waals surface area contributed by atoms with Crippen LogP contribution in [0.15, 0.2) is 42.7 Å². The van der Waals surface area contributed by atoms with Crippen molar-refractivity contribution in [2.45, 2.75) is 0 Å². The van der Waals surface area contributed by atoms with Crippen LogP contribution in [0, 0.1) is 10.1 Å². The van der Waals surface area contributed by atoms with Crippen molar-refractivity contribution < 1.29 is 9.72 Å². The molecule has 1 aromatic carbocycles. The fraction of sp³-hybridized carbons (Fsp3) is 0.235. The summed E-state index contributed by atoms with van der Waals surface area (Å²) in [5, 5.41) is 11.7. The molecule has 1 saturated heterocycles. The first-order valence-electron chi connectivity index (χ1n) is 8.11. The molecule has 0 unspecified atom stereocenters. The fourth-order valence-corrected chi connectivity index (χ4v) is 3.97. The van der Waals surface area contributed by atoms with E-state index in [1.807, 2.05) is 4.90 Å². The Hall–Kier alpha value is -3.07. The van der Waals surface area contributed by atoms with Crippen LogP contribution in [0.2, 0.25) is 0 Å². The average Bonchev–Trinajstić information content (AvgIpc) is 3.11. The molecule has 8 nitrogen and oxygen atoms in total. The monoisotopic (exact) mass is 369 g/mol. The summed E-state index contributed by atoms with van der Waals surface area (Å²) in [5.41, 5.74) is 1.41. The van der Waals surface area contributed by atoms with Crippen LogP contribution in [0.5, 0.6) is 0 Å². The lowest BCUT2D eigenvalue weighted by Gasteiger charge is -2.34. The van der Waals surface area contributed by atoms with Crippen molar-refractivity contribution in [3.05, 3.63) is 58.4 Å². The van der Waals surface area contributed by atoms with Crippen molar-refractivity contribution in [1.82, 2.24) is 14.9 Å². The van der Waals surface area contributed by atoms with Crippen molar-refractivity contribution in [3.63, 3.8) is 0 Å². The van der Waals surface area contributed by atoms with Crippen LogP contribution in [-0.4, -0.2) is 51.9 Å². The van der Waals surface area contributed by atoms with Crippen molar-refractivity contribution >= 4 is 38.3 Å². The van der Waals surface area contributed by atoms with Gasteiger partial charge in [-0.2, -0.15) is 0 Å². The maximum Gasteiger partial charge on any atom is 0.270 e. The first-order chi connectivity index (χ1) is 12.6. The molecule has 1 amide bonds. The van der Waals surface area contributed by atoms with Gasteiger partial charge in [-0.05, 0) is 18.2 Å². The maximum absolute atomic E-state index is 12.5. The van der Waals surface area contributed by atoms with Gasteiger partial charge in [0.25, 0.3) is 11.6 Å². The number of hydrogen-bond donors (Lipinski definition) is 0. The molecular formula is C17H15N5O3S. The number of hydrogen-bond acceptors (Lipinski definition) is 7. The molecule has 26 heavy (non-hydrogen) atoms. The largest absolute Gasteiger partial charge is 0.345 e. The second-order valence-corrected chi connectivity index (χ2v) is 6.94. The number of anilines is 1. The van der Waals surface area contributed by atoms with E-state index in [1.165, 1.54) is 17.4 Å². The van der Waals surface area contributed by atoms with Crippen LogP contribution in [0.1, 0.15) is 10.4 Å². The Morgan fingerprint density at radius 2 is 2.00 bits per heavy atom. The lowest BCUT2D eigenvalue weighted by atomic mass is 10.2. The van der Waals surface area contributed by atoms with E-state index in [-0.39, 0.29) is 11.6 Å². The SMILES string of the molecule is O=C(c1cccnc1)N1CCN(c2nc3ccc([N+](=O)[O-])cc3s2)CC1. The molecule has 0 atom stereocenters. The van der Waals surface area contributed by atoms with Crippen molar-refractivity contribution in [1.29, 1.82) is 0 Å². The number of non-ortho nitro benzene ring substituents is 1.